The van der Waals surface area contributed by atoms with Crippen molar-refractivity contribution in [3.63, 3.8) is 0 Å². The molecule has 1 rings (SSSR count). The van der Waals surface area contributed by atoms with E-state index >= 15 is 0 Å². The average Bonchev–Trinajstić information content (AvgIpc) is 2.16. The molecule has 0 aliphatic carbocycles. The number of hydrogen-bond acceptors (Lipinski definition) is 3. The van der Waals surface area contributed by atoms with Gasteiger partial charge in [-0.15, -0.1) is 0 Å². The monoisotopic (exact) mass is 204 g/mol. The first-order valence-electron chi connectivity index (χ1n) is 5.14. The van der Waals surface area contributed by atoms with E-state index in [2.05, 4.69) is 24.9 Å². The molecule has 1 atom stereocenters. The van der Waals surface area contributed by atoms with Gasteiger partial charge in [-0.3, -0.25) is 0 Å². The third-order valence-corrected chi connectivity index (χ3v) is 1.99. The molecular weight excluding hydrogens is 188 g/mol. The first kappa shape index (κ1) is 11.5. The summed E-state index contributed by atoms with van der Waals surface area (Å²) in [5, 5.41) is 8.71. The Labute approximate surface area is 90.7 Å². The van der Waals surface area contributed by atoms with Crippen molar-refractivity contribution >= 4 is 0 Å². The maximum Gasteiger partial charge on any atom is 0.214 e. The zero-order valence-electron chi connectivity index (χ0n) is 9.40. The predicted molar refractivity (Wildman–Crippen MR) is 58.5 cm³/mol. The highest BCUT2D eigenvalue weighted by atomic mass is 16.5. The number of aromatic nitrogens is 1. The summed E-state index contributed by atoms with van der Waals surface area (Å²) in [5.41, 5.74) is 0.580. The van der Waals surface area contributed by atoms with Gasteiger partial charge in [0.05, 0.1) is 17.7 Å². The topological polar surface area (TPSA) is 45.9 Å². The molecule has 3 nitrogen and oxygen atoms in total. The molecule has 0 aromatic carbocycles. The maximum absolute atomic E-state index is 8.71. The zero-order chi connectivity index (χ0) is 11.3. The van der Waals surface area contributed by atoms with Gasteiger partial charge in [0, 0.05) is 12.3 Å². The summed E-state index contributed by atoms with van der Waals surface area (Å²) in [7, 11) is 0. The van der Waals surface area contributed by atoms with Crippen molar-refractivity contribution < 1.29 is 4.74 Å². The van der Waals surface area contributed by atoms with Crippen molar-refractivity contribution in [1.82, 2.24) is 4.98 Å². The van der Waals surface area contributed by atoms with Crippen LogP contribution < -0.4 is 4.74 Å². The molecular formula is C12H16N2O. The quantitative estimate of drug-likeness (QED) is 0.757. The normalized spacial score (nSPS) is 12.2. The van der Waals surface area contributed by atoms with Crippen molar-refractivity contribution in [2.45, 2.75) is 33.3 Å². The molecule has 0 saturated heterocycles. The molecule has 0 bridgehead atoms. The van der Waals surface area contributed by atoms with Crippen LogP contribution in [0.15, 0.2) is 18.3 Å². The van der Waals surface area contributed by atoms with E-state index in [-0.39, 0.29) is 6.10 Å². The SMILES string of the molecule is CC(C)CC(C)Oc1cc(C#N)ccn1. The van der Waals surface area contributed by atoms with Crippen LogP contribution in [0.2, 0.25) is 0 Å². The van der Waals surface area contributed by atoms with Gasteiger partial charge in [-0.1, -0.05) is 13.8 Å². The van der Waals surface area contributed by atoms with Gasteiger partial charge in [-0.2, -0.15) is 5.26 Å². The number of rotatable bonds is 4. The Morgan fingerprint density at radius 1 is 1.47 bits per heavy atom. The molecule has 80 valence electrons. The molecule has 3 heteroatoms. The standard InChI is InChI=1S/C12H16N2O/c1-9(2)6-10(3)15-12-7-11(8-13)4-5-14-12/h4-5,7,9-10H,6H2,1-3H3. The lowest BCUT2D eigenvalue weighted by atomic mass is 10.1. The van der Waals surface area contributed by atoms with Crippen LogP contribution in [0, 0.1) is 17.2 Å². The number of hydrogen-bond donors (Lipinski definition) is 0. The van der Waals surface area contributed by atoms with Gasteiger partial charge in [0.15, 0.2) is 0 Å². The summed E-state index contributed by atoms with van der Waals surface area (Å²) in [6, 6.07) is 5.39. The van der Waals surface area contributed by atoms with E-state index in [4.69, 9.17) is 10.00 Å². The van der Waals surface area contributed by atoms with Crippen molar-refractivity contribution in [2.75, 3.05) is 0 Å². The van der Waals surface area contributed by atoms with Crippen LogP contribution >= 0.6 is 0 Å². The largest absolute Gasteiger partial charge is 0.475 e. The van der Waals surface area contributed by atoms with Crippen molar-refractivity contribution in [2.24, 2.45) is 5.92 Å². The van der Waals surface area contributed by atoms with Crippen LogP contribution in [-0.4, -0.2) is 11.1 Å². The summed E-state index contributed by atoms with van der Waals surface area (Å²) >= 11 is 0. The summed E-state index contributed by atoms with van der Waals surface area (Å²) < 4.78 is 5.61. The Morgan fingerprint density at radius 2 is 2.20 bits per heavy atom. The second kappa shape index (κ2) is 5.35. The predicted octanol–water partition coefficient (Wildman–Crippen LogP) is 2.77. The molecule has 0 radical (unpaired) electrons. The van der Waals surface area contributed by atoms with Gasteiger partial charge < -0.3 is 4.74 Å². The van der Waals surface area contributed by atoms with E-state index in [1.54, 1.807) is 18.3 Å². The molecule has 0 saturated carbocycles. The molecule has 0 fully saturated rings. The molecule has 1 unspecified atom stereocenters. The first-order chi connectivity index (χ1) is 7.11. The summed E-state index contributed by atoms with van der Waals surface area (Å²) in [4.78, 5) is 4.06. The van der Waals surface area contributed by atoms with Crippen LogP contribution in [0.1, 0.15) is 32.8 Å². The lowest BCUT2D eigenvalue weighted by molar-refractivity contribution is 0.185. The number of nitriles is 1. The molecule has 1 aromatic rings. The molecule has 0 N–H and O–H groups in total. The Bertz CT molecular complexity index is 355. The summed E-state index contributed by atoms with van der Waals surface area (Å²) in [6.45, 7) is 6.32. The van der Waals surface area contributed by atoms with Crippen LogP contribution in [0.5, 0.6) is 5.88 Å². The van der Waals surface area contributed by atoms with Crippen LogP contribution in [0.25, 0.3) is 0 Å². The smallest absolute Gasteiger partial charge is 0.214 e. The van der Waals surface area contributed by atoms with E-state index in [0.717, 1.165) is 6.42 Å². The van der Waals surface area contributed by atoms with Crippen LogP contribution in [0.3, 0.4) is 0 Å². The highest BCUT2D eigenvalue weighted by Gasteiger charge is 2.07. The molecule has 0 spiro atoms. The Balaban J connectivity index is 2.60. The van der Waals surface area contributed by atoms with Crippen molar-refractivity contribution in [3.8, 4) is 11.9 Å². The second-order valence-corrected chi connectivity index (χ2v) is 4.05. The highest BCUT2D eigenvalue weighted by Crippen LogP contribution is 2.14. The van der Waals surface area contributed by atoms with E-state index in [9.17, 15) is 0 Å². The number of pyridine rings is 1. The number of nitrogens with zero attached hydrogens (tertiary/aromatic N) is 2. The van der Waals surface area contributed by atoms with Gasteiger partial charge >= 0.3 is 0 Å². The fourth-order valence-corrected chi connectivity index (χ4v) is 1.46. The maximum atomic E-state index is 8.71. The molecule has 1 heterocycles. The van der Waals surface area contributed by atoms with Gasteiger partial charge in [-0.25, -0.2) is 4.98 Å². The molecule has 1 aromatic heterocycles. The Morgan fingerprint density at radius 3 is 2.80 bits per heavy atom. The first-order valence-corrected chi connectivity index (χ1v) is 5.14. The third kappa shape index (κ3) is 3.99. The molecule has 0 amide bonds. The molecule has 0 aliphatic rings. The van der Waals surface area contributed by atoms with Gasteiger partial charge in [0.2, 0.25) is 5.88 Å². The van der Waals surface area contributed by atoms with E-state index in [0.29, 0.717) is 17.4 Å². The Hall–Kier alpha value is -1.56. The molecule has 15 heavy (non-hydrogen) atoms. The van der Waals surface area contributed by atoms with E-state index in [1.165, 1.54) is 0 Å². The minimum Gasteiger partial charge on any atom is -0.475 e. The Kier molecular flexibility index (Phi) is 4.11. The third-order valence-electron chi connectivity index (χ3n) is 1.99. The van der Waals surface area contributed by atoms with Crippen LogP contribution in [0.4, 0.5) is 0 Å². The van der Waals surface area contributed by atoms with E-state index in [1.807, 2.05) is 6.92 Å². The zero-order valence-corrected chi connectivity index (χ0v) is 9.40. The highest BCUT2D eigenvalue weighted by molar-refractivity contribution is 5.31. The van der Waals surface area contributed by atoms with E-state index < -0.39 is 0 Å². The van der Waals surface area contributed by atoms with Crippen LogP contribution in [-0.2, 0) is 0 Å². The second-order valence-electron chi connectivity index (χ2n) is 4.05. The fraction of sp³-hybridized carbons (Fsp3) is 0.500. The van der Waals surface area contributed by atoms with Gasteiger partial charge in [0.25, 0.3) is 0 Å². The minimum atomic E-state index is 0.131. The molecule has 0 aliphatic heterocycles. The minimum absolute atomic E-state index is 0.131. The van der Waals surface area contributed by atoms with Gasteiger partial charge in [0.1, 0.15) is 0 Å². The van der Waals surface area contributed by atoms with Crippen molar-refractivity contribution in [3.05, 3.63) is 23.9 Å². The lowest BCUT2D eigenvalue weighted by Gasteiger charge is -2.15. The van der Waals surface area contributed by atoms with Gasteiger partial charge in [-0.05, 0) is 25.3 Å². The number of ether oxygens (including phenoxy) is 1. The summed E-state index contributed by atoms with van der Waals surface area (Å²) in [5.74, 6) is 1.13. The summed E-state index contributed by atoms with van der Waals surface area (Å²) in [6.07, 6.45) is 2.71. The fourth-order valence-electron chi connectivity index (χ4n) is 1.46. The van der Waals surface area contributed by atoms with Crippen molar-refractivity contribution in [1.29, 1.82) is 5.26 Å². The lowest BCUT2D eigenvalue weighted by Crippen LogP contribution is -2.15. The average molecular weight is 204 g/mol.